The van der Waals surface area contributed by atoms with Crippen molar-refractivity contribution in [1.82, 2.24) is 9.71 Å². The zero-order valence-corrected chi connectivity index (χ0v) is 23.3. The van der Waals surface area contributed by atoms with Gasteiger partial charge in [0.05, 0.1) is 21.3 Å². The van der Waals surface area contributed by atoms with E-state index in [1.807, 2.05) is 4.98 Å². The Bertz CT molecular complexity index is 2030. The number of carboxylic acids is 1. The summed E-state index contributed by atoms with van der Waals surface area (Å²) < 4.78 is 26.8. The lowest BCUT2D eigenvalue weighted by molar-refractivity contribution is -0.198. The molecule has 0 fully saturated rings. The Balaban J connectivity index is 1.78. The van der Waals surface area contributed by atoms with Crippen LogP contribution in [0.3, 0.4) is 0 Å². The summed E-state index contributed by atoms with van der Waals surface area (Å²) in [5.41, 5.74) is -5.44. The average Bonchev–Trinajstić information content (AvgIpc) is 3.58. The van der Waals surface area contributed by atoms with Crippen molar-refractivity contribution in [3.63, 3.8) is 0 Å². The minimum atomic E-state index is -5.18. The number of fused-ring (bicyclic) bond motifs is 1. The summed E-state index contributed by atoms with van der Waals surface area (Å²) in [6, 6.07) is 1.91. The van der Waals surface area contributed by atoms with E-state index in [0.29, 0.717) is 11.3 Å². The van der Waals surface area contributed by atoms with Crippen LogP contribution >= 0.6 is 11.3 Å². The molecule has 0 bridgehead atoms. The van der Waals surface area contributed by atoms with Crippen LogP contribution < -0.4 is 10.5 Å². The third-order valence-corrected chi connectivity index (χ3v) is 9.37. The molecule has 0 aliphatic rings. The normalized spacial score (nSPS) is 14.5. The summed E-state index contributed by atoms with van der Waals surface area (Å²) in [4.78, 5) is 14.0. The topological polar surface area (TPSA) is 348 Å². The largest absolute Gasteiger partial charge is 0.504 e. The molecule has 0 spiro atoms. The number of nitrogens with two attached hydrogens (primary N) is 1. The smallest absolute Gasteiger partial charge is 0.357 e. The van der Waals surface area contributed by atoms with E-state index in [1.165, 1.54) is 11.6 Å². The molecule has 234 valence electrons. The SMILES string of the molecule is Cc1c(O)c(O)c(C#Cc2ccc(S(=O)(=O)NC(O)(C(=O)O)C(N)(O)c3c(O)[nH]c4c(O)c(O)c(O)c(O)c34)s2)c(O)c1O. The third-order valence-electron chi connectivity index (χ3n) is 6.44. The number of phenolic OH excluding ortho intramolecular Hbond substituents is 8. The van der Waals surface area contributed by atoms with Gasteiger partial charge in [-0.3, -0.25) is 5.73 Å². The van der Waals surface area contributed by atoms with Gasteiger partial charge < -0.3 is 66.3 Å². The third kappa shape index (κ3) is 4.52. The lowest BCUT2D eigenvalue weighted by Crippen LogP contribution is -2.70. The number of benzene rings is 2. The van der Waals surface area contributed by atoms with Gasteiger partial charge in [-0.05, 0) is 19.1 Å². The van der Waals surface area contributed by atoms with Gasteiger partial charge in [0.25, 0.3) is 15.7 Å². The number of carbonyl (C=O) groups is 1. The maximum absolute atomic E-state index is 13.1. The Hall–Kier alpha value is -5.30. The minimum absolute atomic E-state index is 0.129. The van der Waals surface area contributed by atoms with Crippen LogP contribution in [0, 0.1) is 18.8 Å². The molecule has 2 unspecified atom stereocenters. The fourth-order valence-corrected chi connectivity index (χ4v) is 6.44. The van der Waals surface area contributed by atoms with E-state index in [9.17, 15) is 74.5 Å². The monoisotopic (exact) mass is 655 g/mol. The number of sulfonamides is 1. The Labute approximate surface area is 248 Å². The molecular weight excluding hydrogens is 634 g/mol. The standard InChI is InChI=1S/C24H21N3O15S2/c1-6-13(28)15(30)8(16(31)14(6)29)4-2-7-3-5-9(43-7)44(41,42)27-24(40,22(37)38)23(25,39)11-10-12(26-21(11)36)18(33)20(35)19(34)17(10)32/h3,5,26-36,39-40H,25H2,1H3,(H,37,38). The van der Waals surface area contributed by atoms with Crippen molar-refractivity contribution >= 4 is 38.2 Å². The molecule has 0 saturated carbocycles. The van der Waals surface area contributed by atoms with Gasteiger partial charge in [-0.25, -0.2) is 13.2 Å². The fourth-order valence-electron chi connectivity index (χ4n) is 4.03. The van der Waals surface area contributed by atoms with Crippen molar-refractivity contribution in [3.05, 3.63) is 33.7 Å². The molecule has 20 heteroatoms. The molecule has 0 aliphatic heterocycles. The van der Waals surface area contributed by atoms with Crippen LogP contribution in [0.4, 0.5) is 0 Å². The van der Waals surface area contributed by atoms with Crippen LogP contribution in [0.5, 0.6) is 51.9 Å². The molecule has 4 rings (SSSR count). The predicted molar refractivity (Wildman–Crippen MR) is 146 cm³/mol. The summed E-state index contributed by atoms with van der Waals surface area (Å²) in [5.74, 6) is -8.02. The molecule has 44 heavy (non-hydrogen) atoms. The molecule has 16 N–H and O–H groups in total. The highest BCUT2D eigenvalue weighted by Gasteiger charge is 2.60. The number of hydrogen-bond donors (Lipinski definition) is 15. The summed E-state index contributed by atoms with van der Waals surface area (Å²) in [5, 5.41) is 121. The number of aliphatic hydroxyl groups is 2. The first kappa shape index (κ1) is 31.6. The van der Waals surface area contributed by atoms with Gasteiger partial charge in [0, 0.05) is 5.56 Å². The predicted octanol–water partition coefficient (Wildman–Crippen LogP) is -0.856. The van der Waals surface area contributed by atoms with E-state index >= 15 is 0 Å². The number of phenols is 8. The van der Waals surface area contributed by atoms with Crippen LogP contribution in [0.1, 0.15) is 21.6 Å². The van der Waals surface area contributed by atoms with Crippen LogP contribution in [-0.4, -0.2) is 86.4 Å². The Morgan fingerprint density at radius 3 is 1.95 bits per heavy atom. The summed E-state index contributed by atoms with van der Waals surface area (Å²) in [6.45, 7) is 1.19. The first-order valence-corrected chi connectivity index (χ1v) is 13.8. The number of H-pyrrole nitrogens is 1. The van der Waals surface area contributed by atoms with E-state index < -0.39 is 106 Å². The second kappa shape index (κ2) is 10.2. The highest BCUT2D eigenvalue weighted by Crippen LogP contribution is 2.53. The Kier molecular flexibility index (Phi) is 7.30. The second-order valence-corrected chi connectivity index (χ2v) is 12.1. The highest BCUT2D eigenvalue weighted by atomic mass is 32.2. The van der Waals surface area contributed by atoms with Crippen LogP contribution in [0.15, 0.2) is 16.3 Å². The lowest BCUT2D eigenvalue weighted by Gasteiger charge is -2.37. The molecule has 0 radical (unpaired) electrons. The van der Waals surface area contributed by atoms with Crippen molar-refractivity contribution in [1.29, 1.82) is 0 Å². The number of aromatic hydroxyl groups is 9. The lowest BCUT2D eigenvalue weighted by atomic mass is 9.91. The van der Waals surface area contributed by atoms with Crippen molar-refractivity contribution < 1.29 is 74.5 Å². The molecule has 0 amide bonds. The van der Waals surface area contributed by atoms with Gasteiger partial charge in [-0.2, -0.15) is 4.72 Å². The maximum Gasteiger partial charge on any atom is 0.357 e. The summed E-state index contributed by atoms with van der Waals surface area (Å²) in [6.07, 6.45) is 0. The van der Waals surface area contributed by atoms with Gasteiger partial charge in [-0.1, -0.05) is 11.8 Å². The Morgan fingerprint density at radius 2 is 1.41 bits per heavy atom. The van der Waals surface area contributed by atoms with E-state index in [2.05, 4.69) is 11.8 Å². The molecule has 2 heterocycles. The fraction of sp³-hybridized carbons (Fsp3) is 0.125. The molecule has 2 atom stereocenters. The van der Waals surface area contributed by atoms with Gasteiger partial charge >= 0.3 is 5.97 Å². The highest BCUT2D eigenvalue weighted by molar-refractivity contribution is 7.91. The van der Waals surface area contributed by atoms with Crippen LogP contribution in [0.25, 0.3) is 10.9 Å². The van der Waals surface area contributed by atoms with Crippen molar-refractivity contribution in [2.75, 3.05) is 0 Å². The molecule has 0 aliphatic carbocycles. The Morgan fingerprint density at radius 1 is 0.864 bits per heavy atom. The summed E-state index contributed by atoms with van der Waals surface area (Å²) in [7, 11) is -5.18. The first-order chi connectivity index (χ1) is 20.2. The van der Waals surface area contributed by atoms with E-state index in [-0.39, 0.29) is 10.4 Å². The number of hydrogen-bond acceptors (Lipinski definition) is 16. The number of rotatable bonds is 6. The molecule has 2 aromatic heterocycles. The summed E-state index contributed by atoms with van der Waals surface area (Å²) >= 11 is 0.328. The van der Waals surface area contributed by atoms with Crippen molar-refractivity contribution in [2.45, 2.75) is 22.6 Å². The number of thiophene rings is 1. The van der Waals surface area contributed by atoms with Crippen LogP contribution in [0.2, 0.25) is 0 Å². The van der Waals surface area contributed by atoms with Crippen LogP contribution in [-0.2, 0) is 20.5 Å². The molecule has 0 saturated heterocycles. The number of aromatic nitrogens is 1. The van der Waals surface area contributed by atoms with E-state index in [1.54, 1.807) is 0 Å². The first-order valence-electron chi connectivity index (χ1n) is 11.5. The van der Waals surface area contributed by atoms with Gasteiger partial charge in [-0.15, -0.1) is 11.3 Å². The molecule has 2 aromatic carbocycles. The zero-order valence-electron chi connectivity index (χ0n) is 21.6. The average molecular weight is 656 g/mol. The number of nitrogens with one attached hydrogen (secondary N) is 2. The minimum Gasteiger partial charge on any atom is -0.504 e. The van der Waals surface area contributed by atoms with Gasteiger partial charge in [0.15, 0.2) is 40.4 Å². The molecule has 4 aromatic rings. The number of aromatic amines is 1. The second-order valence-electron chi connectivity index (χ2n) is 9.14. The maximum atomic E-state index is 13.1. The number of carboxylic acid groups (broad SMARTS) is 1. The van der Waals surface area contributed by atoms with Gasteiger partial charge in [0.1, 0.15) is 9.77 Å². The quantitative estimate of drug-likeness (QED) is 0.0520. The molecule has 18 nitrogen and oxygen atoms in total. The number of aliphatic carboxylic acids is 1. The van der Waals surface area contributed by atoms with Gasteiger partial charge in [0.2, 0.25) is 17.2 Å². The van der Waals surface area contributed by atoms with E-state index in [4.69, 9.17) is 5.73 Å². The van der Waals surface area contributed by atoms with Crippen molar-refractivity contribution in [2.24, 2.45) is 5.73 Å². The van der Waals surface area contributed by atoms with E-state index in [0.717, 1.165) is 12.1 Å². The molecular formula is C24H21N3O15S2. The zero-order chi connectivity index (χ0) is 33.3. The van der Waals surface area contributed by atoms with Crippen molar-refractivity contribution in [3.8, 4) is 63.7 Å².